The Labute approximate surface area is 127 Å². The highest BCUT2D eigenvalue weighted by molar-refractivity contribution is 7.91. The Kier molecular flexibility index (Phi) is 4.56. The van der Waals surface area contributed by atoms with E-state index in [-0.39, 0.29) is 27.9 Å². The molecule has 1 aromatic carbocycles. The number of rotatable bonds is 4. The molecular weight excluding hydrogens is 308 g/mol. The number of anilines is 2. The molecule has 0 aliphatic heterocycles. The van der Waals surface area contributed by atoms with Gasteiger partial charge in [-0.3, -0.25) is 10.3 Å². The van der Waals surface area contributed by atoms with Crippen molar-refractivity contribution in [3.05, 3.63) is 36.8 Å². The van der Waals surface area contributed by atoms with Gasteiger partial charge in [0.05, 0.1) is 22.5 Å². The molecule has 0 aliphatic carbocycles. The molecule has 116 valence electrons. The van der Waals surface area contributed by atoms with Gasteiger partial charge in [-0.25, -0.2) is 18.2 Å². The first kappa shape index (κ1) is 15.7. The summed E-state index contributed by atoms with van der Waals surface area (Å²) in [5.41, 5.74) is -0.0177. The summed E-state index contributed by atoms with van der Waals surface area (Å²) in [7, 11) is -3.44. The smallest absolute Gasteiger partial charge is 0.325 e. The van der Waals surface area contributed by atoms with Crippen LogP contribution in [-0.2, 0) is 9.84 Å². The van der Waals surface area contributed by atoms with Gasteiger partial charge in [-0.2, -0.15) is 0 Å². The second-order valence-corrected chi connectivity index (χ2v) is 6.53. The maximum atomic E-state index is 11.8. The molecule has 0 bridgehead atoms. The van der Waals surface area contributed by atoms with E-state index < -0.39 is 15.9 Å². The zero-order valence-electron chi connectivity index (χ0n) is 11.6. The molecule has 0 atom stereocenters. The fourth-order valence-electron chi connectivity index (χ4n) is 1.61. The van der Waals surface area contributed by atoms with Crippen molar-refractivity contribution < 1.29 is 18.3 Å². The van der Waals surface area contributed by atoms with Crippen molar-refractivity contribution in [3.8, 4) is 5.75 Å². The summed E-state index contributed by atoms with van der Waals surface area (Å²) in [6.45, 7) is 1.51. The van der Waals surface area contributed by atoms with Gasteiger partial charge in [0.15, 0.2) is 15.7 Å². The number of hydrogen-bond acceptors (Lipinski definition) is 6. The van der Waals surface area contributed by atoms with Crippen LogP contribution in [0.5, 0.6) is 5.75 Å². The first-order chi connectivity index (χ1) is 10.4. The van der Waals surface area contributed by atoms with Crippen molar-refractivity contribution in [2.24, 2.45) is 0 Å². The maximum Gasteiger partial charge on any atom is 0.325 e. The molecule has 0 radical (unpaired) electrons. The molecule has 0 fully saturated rings. The Hall–Kier alpha value is -2.68. The third kappa shape index (κ3) is 3.70. The number of hydrogen-bond donors (Lipinski definition) is 3. The van der Waals surface area contributed by atoms with Gasteiger partial charge in [0.25, 0.3) is 0 Å². The molecular formula is C13H14N4O4S. The van der Waals surface area contributed by atoms with E-state index in [9.17, 15) is 18.3 Å². The molecule has 0 saturated carbocycles. The number of nitrogens with zero attached hydrogens (tertiary/aromatic N) is 2. The Morgan fingerprint density at radius 3 is 2.68 bits per heavy atom. The molecule has 22 heavy (non-hydrogen) atoms. The number of sulfone groups is 1. The summed E-state index contributed by atoms with van der Waals surface area (Å²) in [5, 5.41) is 14.5. The number of benzene rings is 1. The minimum atomic E-state index is -3.44. The van der Waals surface area contributed by atoms with Crippen molar-refractivity contribution in [2.75, 3.05) is 16.4 Å². The highest BCUT2D eigenvalue weighted by atomic mass is 32.2. The number of nitrogens with one attached hydrogen (secondary N) is 2. The van der Waals surface area contributed by atoms with Crippen molar-refractivity contribution in [1.29, 1.82) is 0 Å². The zero-order chi connectivity index (χ0) is 16.2. The predicted octanol–water partition coefficient (Wildman–Crippen LogP) is 1.62. The Balaban J connectivity index is 2.19. The summed E-state index contributed by atoms with van der Waals surface area (Å²) >= 11 is 0. The van der Waals surface area contributed by atoms with Crippen LogP contribution in [0, 0.1) is 0 Å². The lowest BCUT2D eigenvalue weighted by molar-refractivity contribution is 0.262. The minimum absolute atomic E-state index is 0.0163. The molecule has 2 rings (SSSR count). The van der Waals surface area contributed by atoms with Crippen LogP contribution in [0.25, 0.3) is 0 Å². The van der Waals surface area contributed by atoms with Gasteiger partial charge in [-0.1, -0.05) is 6.92 Å². The standard InChI is InChI=1S/C13H14N4O4S/c1-2-22(20,21)9-3-4-11(18)10(7-9)16-13(19)17-12-8-14-5-6-15-12/h3-8,18H,2H2,1H3,(H2,15,16,17,19). The highest BCUT2D eigenvalue weighted by Crippen LogP contribution is 2.27. The average Bonchev–Trinajstić information content (AvgIpc) is 2.50. The van der Waals surface area contributed by atoms with Crippen LogP contribution in [0.4, 0.5) is 16.3 Å². The van der Waals surface area contributed by atoms with E-state index in [1.54, 1.807) is 0 Å². The highest BCUT2D eigenvalue weighted by Gasteiger charge is 2.15. The third-order valence-corrected chi connectivity index (χ3v) is 4.49. The third-order valence-electron chi connectivity index (χ3n) is 2.76. The van der Waals surface area contributed by atoms with E-state index in [0.717, 1.165) is 0 Å². The number of carbonyl (C=O) groups is 1. The van der Waals surface area contributed by atoms with Crippen molar-refractivity contribution in [3.63, 3.8) is 0 Å². The van der Waals surface area contributed by atoms with Gasteiger partial charge in [-0.15, -0.1) is 0 Å². The quantitative estimate of drug-likeness (QED) is 0.735. The average molecular weight is 322 g/mol. The Morgan fingerprint density at radius 1 is 1.27 bits per heavy atom. The van der Waals surface area contributed by atoms with Crippen LogP contribution in [0.1, 0.15) is 6.92 Å². The summed E-state index contributed by atoms with van der Waals surface area (Å²) in [6, 6.07) is 3.01. The number of aromatic nitrogens is 2. The number of phenolic OH excluding ortho intramolecular Hbond substituents is 1. The number of aromatic hydroxyl groups is 1. The summed E-state index contributed by atoms with van der Waals surface area (Å²) < 4.78 is 23.6. The van der Waals surface area contributed by atoms with E-state index in [1.807, 2.05) is 0 Å². The zero-order valence-corrected chi connectivity index (χ0v) is 12.5. The molecule has 8 nitrogen and oxygen atoms in total. The van der Waals surface area contributed by atoms with Crippen LogP contribution in [0.15, 0.2) is 41.7 Å². The molecule has 2 aromatic rings. The fraction of sp³-hybridized carbons (Fsp3) is 0.154. The van der Waals surface area contributed by atoms with Gasteiger partial charge in [0, 0.05) is 12.4 Å². The van der Waals surface area contributed by atoms with E-state index in [4.69, 9.17) is 0 Å². The van der Waals surface area contributed by atoms with Crippen molar-refractivity contribution >= 4 is 27.4 Å². The maximum absolute atomic E-state index is 11.8. The van der Waals surface area contributed by atoms with Crippen LogP contribution >= 0.6 is 0 Å². The van der Waals surface area contributed by atoms with Crippen LogP contribution in [0.3, 0.4) is 0 Å². The first-order valence-corrected chi connectivity index (χ1v) is 7.97. The molecule has 3 N–H and O–H groups in total. The molecule has 0 spiro atoms. The van der Waals surface area contributed by atoms with Gasteiger partial charge >= 0.3 is 6.03 Å². The fourth-order valence-corrected chi connectivity index (χ4v) is 2.52. The lowest BCUT2D eigenvalue weighted by atomic mass is 10.3. The molecule has 0 aliphatic rings. The minimum Gasteiger partial charge on any atom is -0.506 e. The number of phenols is 1. The van der Waals surface area contributed by atoms with Crippen LogP contribution < -0.4 is 10.6 Å². The number of amides is 2. The monoisotopic (exact) mass is 322 g/mol. The summed E-state index contributed by atoms with van der Waals surface area (Å²) in [4.78, 5) is 19.5. The molecule has 0 saturated heterocycles. The van der Waals surface area contributed by atoms with Gasteiger partial charge < -0.3 is 10.4 Å². The number of carbonyl (C=O) groups excluding carboxylic acids is 1. The van der Waals surface area contributed by atoms with E-state index >= 15 is 0 Å². The molecule has 1 aromatic heterocycles. The summed E-state index contributed by atoms with van der Waals surface area (Å²) in [6.07, 6.45) is 4.20. The van der Waals surface area contributed by atoms with Crippen molar-refractivity contribution in [1.82, 2.24) is 9.97 Å². The lowest BCUT2D eigenvalue weighted by Crippen LogP contribution is -2.20. The molecule has 1 heterocycles. The van der Waals surface area contributed by atoms with Crippen LogP contribution in [0.2, 0.25) is 0 Å². The van der Waals surface area contributed by atoms with Gasteiger partial charge in [0.2, 0.25) is 0 Å². The number of urea groups is 1. The second kappa shape index (κ2) is 6.39. The van der Waals surface area contributed by atoms with E-state index in [0.29, 0.717) is 0 Å². The molecule has 0 unspecified atom stereocenters. The Bertz CT molecular complexity index is 778. The topological polar surface area (TPSA) is 121 Å². The predicted molar refractivity (Wildman–Crippen MR) is 80.5 cm³/mol. The summed E-state index contributed by atoms with van der Waals surface area (Å²) in [5.74, 6) is -0.107. The van der Waals surface area contributed by atoms with E-state index in [2.05, 4.69) is 20.6 Å². The Morgan fingerprint density at radius 2 is 2.05 bits per heavy atom. The van der Waals surface area contributed by atoms with E-state index in [1.165, 1.54) is 43.7 Å². The van der Waals surface area contributed by atoms with Gasteiger partial charge in [-0.05, 0) is 18.2 Å². The van der Waals surface area contributed by atoms with Crippen LogP contribution in [-0.4, -0.2) is 35.3 Å². The first-order valence-electron chi connectivity index (χ1n) is 6.32. The normalized spacial score (nSPS) is 11.0. The molecule has 9 heteroatoms. The largest absolute Gasteiger partial charge is 0.506 e. The van der Waals surface area contributed by atoms with Crippen molar-refractivity contribution in [2.45, 2.75) is 11.8 Å². The SMILES string of the molecule is CCS(=O)(=O)c1ccc(O)c(NC(=O)Nc2cnccn2)c1. The lowest BCUT2D eigenvalue weighted by Gasteiger charge is -2.10. The molecule has 2 amide bonds. The second-order valence-electron chi connectivity index (χ2n) is 4.25. The van der Waals surface area contributed by atoms with Gasteiger partial charge in [0.1, 0.15) is 5.75 Å².